The molecule has 4 aliphatic heterocycles. The number of hydrogen-bond acceptors (Lipinski definition) is 5. The minimum absolute atomic E-state index is 0.0456. The molecule has 0 aliphatic carbocycles. The van der Waals surface area contributed by atoms with Crippen LogP contribution >= 0.6 is 0 Å². The van der Waals surface area contributed by atoms with Crippen LogP contribution in [0.1, 0.15) is 36.8 Å². The van der Waals surface area contributed by atoms with Gasteiger partial charge in [-0.3, -0.25) is 5.32 Å². The van der Waals surface area contributed by atoms with E-state index in [0.29, 0.717) is 18.9 Å². The van der Waals surface area contributed by atoms with Crippen molar-refractivity contribution in [2.45, 2.75) is 32.1 Å². The zero-order valence-electron chi connectivity index (χ0n) is 17.5. The number of likely N-dealkylation sites (tertiary alicyclic amines) is 1. The Morgan fingerprint density at radius 1 is 1.20 bits per heavy atom. The molecule has 160 valence electrons. The number of methoxy groups -OCH3 is 1. The summed E-state index contributed by atoms with van der Waals surface area (Å²) < 4.78 is 16.5. The molecule has 0 radical (unpaired) electrons. The van der Waals surface area contributed by atoms with Crippen molar-refractivity contribution < 1.29 is 19.0 Å². The van der Waals surface area contributed by atoms with Crippen LogP contribution in [-0.4, -0.2) is 63.4 Å². The Labute approximate surface area is 177 Å². The number of carbonyl (C=O) groups excluding carboxylic acids is 1. The minimum atomic E-state index is -0.0456. The van der Waals surface area contributed by atoms with Crippen molar-refractivity contribution in [3.8, 4) is 5.75 Å². The number of nitrogens with one attached hydrogen (secondary N) is 1. The molecule has 1 N–H and O–H groups in total. The third-order valence-corrected chi connectivity index (χ3v) is 6.89. The topological polar surface area (TPSA) is 72.4 Å². The van der Waals surface area contributed by atoms with Crippen molar-refractivity contribution in [2.75, 3.05) is 46.6 Å². The van der Waals surface area contributed by atoms with E-state index in [4.69, 9.17) is 19.2 Å². The first-order valence-corrected chi connectivity index (χ1v) is 10.9. The monoisotopic (exact) mass is 411 g/mol. The lowest BCUT2D eigenvalue weighted by Gasteiger charge is -2.33. The van der Waals surface area contributed by atoms with Gasteiger partial charge >= 0.3 is 6.03 Å². The first kappa shape index (κ1) is 19.6. The molecule has 2 fully saturated rings. The summed E-state index contributed by atoms with van der Waals surface area (Å²) >= 11 is 0. The van der Waals surface area contributed by atoms with Gasteiger partial charge in [-0.2, -0.15) is 0 Å². The SMILES string of the molecule is COc1ccc(C2=CCOCC2)c2c1CC(NC(=O)N1CCC3(CCOCC3)C1)=N2. The number of nitrogens with zero attached hydrogens (tertiary/aromatic N) is 2. The fourth-order valence-electron chi connectivity index (χ4n) is 5.08. The van der Waals surface area contributed by atoms with E-state index < -0.39 is 0 Å². The highest BCUT2D eigenvalue weighted by molar-refractivity contribution is 6.04. The summed E-state index contributed by atoms with van der Waals surface area (Å²) in [6.45, 7) is 4.58. The minimum Gasteiger partial charge on any atom is -0.496 e. The van der Waals surface area contributed by atoms with Crippen LogP contribution in [0, 0.1) is 5.41 Å². The summed E-state index contributed by atoms with van der Waals surface area (Å²) in [6, 6.07) is 4.02. The standard InChI is InChI=1S/C23H29N3O4/c1-28-19-3-2-17(16-4-10-29-11-5-16)21-18(19)14-20(24-21)25-22(27)26-9-6-23(15-26)7-12-30-13-8-23/h2-4H,5-15H2,1H3,(H,24,25,27). The zero-order valence-corrected chi connectivity index (χ0v) is 17.5. The van der Waals surface area contributed by atoms with Gasteiger partial charge < -0.3 is 19.1 Å². The number of carbonyl (C=O) groups is 1. The average Bonchev–Trinajstić information content (AvgIpc) is 3.38. The number of benzene rings is 1. The first-order chi connectivity index (χ1) is 14.7. The van der Waals surface area contributed by atoms with E-state index in [1.807, 2.05) is 11.0 Å². The Hall–Kier alpha value is -2.38. The molecule has 0 saturated carbocycles. The number of aliphatic imine (C=N–C) groups is 1. The van der Waals surface area contributed by atoms with Crippen molar-refractivity contribution in [3.63, 3.8) is 0 Å². The number of urea groups is 1. The Morgan fingerprint density at radius 3 is 2.83 bits per heavy atom. The third kappa shape index (κ3) is 3.61. The Morgan fingerprint density at radius 2 is 2.07 bits per heavy atom. The summed E-state index contributed by atoms with van der Waals surface area (Å²) in [5, 5.41) is 3.08. The van der Waals surface area contributed by atoms with Crippen LogP contribution in [0.4, 0.5) is 10.5 Å². The molecule has 7 heteroatoms. The zero-order chi connectivity index (χ0) is 20.6. The quantitative estimate of drug-likeness (QED) is 0.811. The molecule has 4 aliphatic rings. The summed E-state index contributed by atoms with van der Waals surface area (Å²) in [5.41, 5.74) is 4.56. The molecular weight excluding hydrogens is 382 g/mol. The van der Waals surface area contributed by atoms with Gasteiger partial charge in [0.2, 0.25) is 0 Å². The second kappa shape index (κ2) is 8.04. The number of fused-ring (bicyclic) bond motifs is 1. The van der Waals surface area contributed by atoms with Gasteiger partial charge in [-0.05, 0) is 48.8 Å². The lowest BCUT2D eigenvalue weighted by atomic mass is 9.80. The number of amides is 2. The summed E-state index contributed by atoms with van der Waals surface area (Å²) in [4.78, 5) is 19.7. The summed E-state index contributed by atoms with van der Waals surface area (Å²) in [5.74, 6) is 1.51. The Kier molecular flexibility index (Phi) is 5.25. The molecule has 0 unspecified atom stereocenters. The van der Waals surface area contributed by atoms with Crippen molar-refractivity contribution in [1.82, 2.24) is 10.2 Å². The smallest absolute Gasteiger partial charge is 0.322 e. The van der Waals surface area contributed by atoms with Gasteiger partial charge in [0.05, 0.1) is 26.0 Å². The first-order valence-electron chi connectivity index (χ1n) is 10.9. The normalized spacial score (nSPS) is 22.5. The molecule has 1 spiro atoms. The summed E-state index contributed by atoms with van der Waals surface area (Å²) in [6.07, 6.45) is 6.72. The molecule has 2 amide bonds. The van der Waals surface area contributed by atoms with Gasteiger partial charge in [0.1, 0.15) is 11.6 Å². The maximum atomic E-state index is 13.0. The van der Waals surface area contributed by atoms with E-state index in [-0.39, 0.29) is 11.4 Å². The molecule has 30 heavy (non-hydrogen) atoms. The fourth-order valence-corrected chi connectivity index (χ4v) is 5.08. The largest absolute Gasteiger partial charge is 0.496 e. The van der Waals surface area contributed by atoms with Gasteiger partial charge in [0.15, 0.2) is 0 Å². The molecule has 1 aromatic rings. The van der Waals surface area contributed by atoms with Crippen molar-refractivity contribution >= 4 is 23.1 Å². The molecule has 1 aromatic carbocycles. The molecule has 2 saturated heterocycles. The molecule has 5 rings (SSSR count). The highest BCUT2D eigenvalue weighted by Crippen LogP contribution is 2.42. The lowest BCUT2D eigenvalue weighted by Crippen LogP contribution is -2.43. The predicted octanol–water partition coefficient (Wildman–Crippen LogP) is 3.30. The van der Waals surface area contributed by atoms with E-state index in [1.54, 1.807) is 7.11 Å². The number of rotatable bonds is 2. The fraction of sp³-hybridized carbons (Fsp3) is 0.565. The van der Waals surface area contributed by atoms with Crippen molar-refractivity contribution in [2.24, 2.45) is 10.4 Å². The second-order valence-electron chi connectivity index (χ2n) is 8.65. The van der Waals surface area contributed by atoms with Crippen molar-refractivity contribution in [1.29, 1.82) is 0 Å². The van der Waals surface area contributed by atoms with Crippen LogP contribution in [0.15, 0.2) is 23.2 Å². The van der Waals surface area contributed by atoms with Crippen LogP contribution in [0.2, 0.25) is 0 Å². The van der Waals surface area contributed by atoms with Crippen LogP contribution in [0.25, 0.3) is 5.57 Å². The van der Waals surface area contributed by atoms with E-state index >= 15 is 0 Å². The molecular formula is C23H29N3O4. The van der Waals surface area contributed by atoms with E-state index in [9.17, 15) is 4.79 Å². The van der Waals surface area contributed by atoms with E-state index in [0.717, 1.165) is 81.2 Å². The highest BCUT2D eigenvalue weighted by atomic mass is 16.5. The Bertz CT molecular complexity index is 902. The molecule has 0 bridgehead atoms. The van der Waals surface area contributed by atoms with Gasteiger partial charge in [0, 0.05) is 43.9 Å². The van der Waals surface area contributed by atoms with Crippen molar-refractivity contribution in [3.05, 3.63) is 29.3 Å². The third-order valence-electron chi connectivity index (χ3n) is 6.89. The summed E-state index contributed by atoms with van der Waals surface area (Å²) in [7, 11) is 1.68. The van der Waals surface area contributed by atoms with Crippen LogP contribution < -0.4 is 10.1 Å². The molecule has 0 aromatic heterocycles. The van der Waals surface area contributed by atoms with Gasteiger partial charge in [-0.25, -0.2) is 9.79 Å². The predicted molar refractivity (Wildman–Crippen MR) is 114 cm³/mol. The molecule has 7 nitrogen and oxygen atoms in total. The average molecular weight is 412 g/mol. The Balaban J connectivity index is 1.33. The number of ether oxygens (including phenoxy) is 3. The van der Waals surface area contributed by atoms with E-state index in [1.165, 1.54) is 5.57 Å². The second-order valence-corrected chi connectivity index (χ2v) is 8.65. The van der Waals surface area contributed by atoms with Crippen LogP contribution in [0.5, 0.6) is 5.75 Å². The number of amidine groups is 1. The number of hydrogen-bond donors (Lipinski definition) is 1. The van der Waals surface area contributed by atoms with Crippen LogP contribution in [0.3, 0.4) is 0 Å². The van der Waals surface area contributed by atoms with Gasteiger partial charge in [0.25, 0.3) is 0 Å². The van der Waals surface area contributed by atoms with E-state index in [2.05, 4.69) is 17.5 Å². The highest BCUT2D eigenvalue weighted by Gasteiger charge is 2.41. The van der Waals surface area contributed by atoms with Crippen LogP contribution in [-0.2, 0) is 15.9 Å². The molecule has 0 atom stereocenters. The van der Waals surface area contributed by atoms with Gasteiger partial charge in [-0.1, -0.05) is 6.08 Å². The lowest BCUT2D eigenvalue weighted by molar-refractivity contribution is 0.0209. The molecule has 4 heterocycles. The van der Waals surface area contributed by atoms with Gasteiger partial charge in [-0.15, -0.1) is 0 Å². The maximum Gasteiger partial charge on any atom is 0.322 e. The maximum absolute atomic E-state index is 13.0.